The first kappa shape index (κ1) is 17.4. The fourth-order valence-electron chi connectivity index (χ4n) is 2.14. The number of nitrogens with one attached hydrogen (secondary N) is 1. The van der Waals surface area contributed by atoms with Crippen LogP contribution in [0.1, 0.15) is 11.1 Å². The average molecular weight is 334 g/mol. The van der Waals surface area contributed by atoms with Crippen molar-refractivity contribution in [2.24, 2.45) is 0 Å². The summed E-state index contributed by atoms with van der Waals surface area (Å²) in [5.74, 6) is 0.762. The highest BCUT2D eigenvalue weighted by Gasteiger charge is 2.15. The molecular formula is C16H22N4O2S. The van der Waals surface area contributed by atoms with Crippen LogP contribution in [0.5, 0.6) is 0 Å². The van der Waals surface area contributed by atoms with Gasteiger partial charge in [-0.05, 0) is 11.6 Å². The van der Waals surface area contributed by atoms with Gasteiger partial charge in [0.15, 0.2) is 0 Å². The van der Waals surface area contributed by atoms with Crippen molar-refractivity contribution >= 4 is 16.0 Å². The Morgan fingerprint density at radius 1 is 1.04 bits per heavy atom. The van der Waals surface area contributed by atoms with Crippen molar-refractivity contribution < 1.29 is 8.42 Å². The van der Waals surface area contributed by atoms with Gasteiger partial charge in [0.25, 0.3) is 10.2 Å². The van der Waals surface area contributed by atoms with Gasteiger partial charge in [0.1, 0.15) is 5.82 Å². The van der Waals surface area contributed by atoms with Gasteiger partial charge in [-0.25, -0.2) is 4.98 Å². The standard InChI is InChI=1S/C16H22N4O2S/c1-19(2)23(21,22)18-12-15-10-7-11-17-16(15)20(3)13-14-8-5-4-6-9-14/h4-11,18H,12-13H2,1-3H3. The second-order valence-corrected chi connectivity index (χ2v) is 7.41. The van der Waals surface area contributed by atoms with E-state index in [-0.39, 0.29) is 6.54 Å². The maximum atomic E-state index is 11.9. The fraction of sp³-hybridized carbons (Fsp3) is 0.312. The molecule has 1 N–H and O–H groups in total. The summed E-state index contributed by atoms with van der Waals surface area (Å²) in [4.78, 5) is 6.41. The summed E-state index contributed by atoms with van der Waals surface area (Å²) < 4.78 is 27.4. The van der Waals surface area contributed by atoms with Crippen molar-refractivity contribution in [2.75, 3.05) is 26.0 Å². The lowest BCUT2D eigenvalue weighted by Gasteiger charge is -2.22. The molecule has 1 heterocycles. The Hall–Kier alpha value is -1.96. The molecule has 6 nitrogen and oxygen atoms in total. The van der Waals surface area contributed by atoms with E-state index in [2.05, 4.69) is 9.71 Å². The fourth-order valence-corrected chi connectivity index (χ4v) is 2.74. The Bertz CT molecular complexity index is 733. The Kier molecular flexibility index (Phi) is 5.70. The number of hydrogen-bond acceptors (Lipinski definition) is 4. The van der Waals surface area contributed by atoms with Crippen LogP contribution in [0, 0.1) is 0 Å². The van der Waals surface area contributed by atoms with E-state index in [1.54, 1.807) is 12.3 Å². The molecular weight excluding hydrogens is 312 g/mol. The predicted molar refractivity (Wildman–Crippen MR) is 92.2 cm³/mol. The van der Waals surface area contributed by atoms with Crippen LogP contribution in [-0.2, 0) is 23.3 Å². The highest BCUT2D eigenvalue weighted by Crippen LogP contribution is 2.18. The molecule has 2 aromatic rings. The van der Waals surface area contributed by atoms with Crippen molar-refractivity contribution in [1.29, 1.82) is 0 Å². The third-order valence-electron chi connectivity index (χ3n) is 3.42. The topological polar surface area (TPSA) is 65.5 Å². The SMILES string of the molecule is CN(Cc1ccccc1)c1ncccc1CNS(=O)(=O)N(C)C. The van der Waals surface area contributed by atoms with Crippen LogP contribution in [0.15, 0.2) is 48.7 Å². The molecule has 0 unspecified atom stereocenters. The Balaban J connectivity index is 2.14. The minimum Gasteiger partial charge on any atom is -0.355 e. The van der Waals surface area contributed by atoms with Gasteiger partial charge >= 0.3 is 0 Å². The number of rotatable bonds is 7. The zero-order valence-corrected chi connectivity index (χ0v) is 14.4. The summed E-state index contributed by atoms with van der Waals surface area (Å²) in [5, 5.41) is 0. The summed E-state index contributed by atoms with van der Waals surface area (Å²) in [7, 11) is 1.47. The lowest BCUT2D eigenvalue weighted by Crippen LogP contribution is -2.35. The summed E-state index contributed by atoms with van der Waals surface area (Å²) >= 11 is 0. The molecule has 0 atom stereocenters. The highest BCUT2D eigenvalue weighted by atomic mass is 32.2. The van der Waals surface area contributed by atoms with Crippen LogP contribution >= 0.6 is 0 Å². The van der Waals surface area contributed by atoms with Crippen LogP contribution in [-0.4, -0.2) is 38.9 Å². The molecule has 0 amide bonds. The van der Waals surface area contributed by atoms with Crippen LogP contribution in [0.2, 0.25) is 0 Å². The molecule has 0 saturated carbocycles. The van der Waals surface area contributed by atoms with E-state index < -0.39 is 10.2 Å². The summed E-state index contributed by atoms with van der Waals surface area (Å²) in [6.07, 6.45) is 1.71. The first-order valence-corrected chi connectivity index (χ1v) is 8.70. The summed E-state index contributed by atoms with van der Waals surface area (Å²) in [6, 6.07) is 13.7. The first-order valence-electron chi connectivity index (χ1n) is 7.26. The van der Waals surface area contributed by atoms with Gasteiger partial charge in [0.05, 0.1) is 0 Å². The summed E-state index contributed by atoms with van der Waals surface area (Å²) in [6.45, 7) is 0.897. The Morgan fingerprint density at radius 2 is 1.74 bits per heavy atom. The first-order chi connectivity index (χ1) is 10.9. The number of anilines is 1. The van der Waals surface area contributed by atoms with Crippen LogP contribution in [0.4, 0.5) is 5.82 Å². The lowest BCUT2D eigenvalue weighted by molar-refractivity contribution is 0.505. The minimum atomic E-state index is -3.46. The van der Waals surface area contributed by atoms with Gasteiger partial charge in [0.2, 0.25) is 0 Å². The van der Waals surface area contributed by atoms with Gasteiger partial charge < -0.3 is 4.90 Å². The Morgan fingerprint density at radius 3 is 2.39 bits per heavy atom. The van der Waals surface area contributed by atoms with Crippen molar-refractivity contribution in [3.63, 3.8) is 0 Å². The van der Waals surface area contributed by atoms with E-state index in [9.17, 15) is 8.42 Å². The quantitative estimate of drug-likeness (QED) is 0.835. The van der Waals surface area contributed by atoms with Crippen LogP contribution < -0.4 is 9.62 Å². The number of benzene rings is 1. The van der Waals surface area contributed by atoms with Gasteiger partial charge in [-0.1, -0.05) is 36.4 Å². The molecule has 0 bridgehead atoms. The van der Waals surface area contributed by atoms with E-state index in [1.807, 2.05) is 48.3 Å². The molecule has 0 aliphatic rings. The van der Waals surface area contributed by atoms with Crippen molar-refractivity contribution in [1.82, 2.24) is 14.0 Å². The van der Waals surface area contributed by atoms with Crippen LogP contribution in [0.25, 0.3) is 0 Å². The largest absolute Gasteiger partial charge is 0.355 e. The molecule has 7 heteroatoms. The van der Waals surface area contributed by atoms with Crippen molar-refractivity contribution in [3.8, 4) is 0 Å². The summed E-state index contributed by atoms with van der Waals surface area (Å²) in [5.41, 5.74) is 2.00. The predicted octanol–water partition coefficient (Wildman–Crippen LogP) is 1.61. The maximum Gasteiger partial charge on any atom is 0.279 e. The second-order valence-electron chi connectivity index (χ2n) is 5.44. The smallest absolute Gasteiger partial charge is 0.279 e. The molecule has 0 aliphatic heterocycles. The number of nitrogens with zero attached hydrogens (tertiary/aromatic N) is 3. The van der Waals surface area contributed by atoms with Gasteiger partial charge in [-0.3, -0.25) is 0 Å². The van der Waals surface area contributed by atoms with E-state index in [0.717, 1.165) is 15.7 Å². The molecule has 0 spiro atoms. The monoisotopic (exact) mass is 334 g/mol. The third-order valence-corrected chi connectivity index (χ3v) is 4.89. The van der Waals surface area contributed by atoms with E-state index >= 15 is 0 Å². The molecule has 0 saturated heterocycles. The number of hydrogen-bond donors (Lipinski definition) is 1. The normalized spacial score (nSPS) is 11.7. The van der Waals surface area contributed by atoms with Crippen molar-refractivity contribution in [3.05, 3.63) is 59.8 Å². The van der Waals surface area contributed by atoms with Gasteiger partial charge in [0, 0.05) is 46.0 Å². The number of pyridine rings is 1. The molecule has 0 aliphatic carbocycles. The van der Waals surface area contributed by atoms with E-state index in [0.29, 0.717) is 6.54 Å². The maximum absolute atomic E-state index is 11.9. The van der Waals surface area contributed by atoms with Crippen LogP contribution in [0.3, 0.4) is 0 Å². The molecule has 1 aromatic heterocycles. The highest BCUT2D eigenvalue weighted by molar-refractivity contribution is 7.87. The molecule has 23 heavy (non-hydrogen) atoms. The number of aromatic nitrogens is 1. The molecule has 0 fully saturated rings. The van der Waals surface area contributed by atoms with Gasteiger partial charge in [-0.2, -0.15) is 17.4 Å². The average Bonchev–Trinajstić information content (AvgIpc) is 2.54. The lowest BCUT2D eigenvalue weighted by atomic mass is 10.2. The van der Waals surface area contributed by atoms with Gasteiger partial charge in [-0.15, -0.1) is 0 Å². The molecule has 2 rings (SSSR count). The molecule has 1 aromatic carbocycles. The Labute approximate surface area is 137 Å². The van der Waals surface area contributed by atoms with Crippen molar-refractivity contribution in [2.45, 2.75) is 13.1 Å². The molecule has 0 radical (unpaired) electrons. The zero-order chi connectivity index (χ0) is 16.9. The second kappa shape index (κ2) is 7.54. The molecule has 124 valence electrons. The third kappa shape index (κ3) is 4.75. The minimum absolute atomic E-state index is 0.197. The van der Waals surface area contributed by atoms with E-state index in [4.69, 9.17) is 0 Å². The zero-order valence-electron chi connectivity index (χ0n) is 13.6. The van der Waals surface area contributed by atoms with E-state index in [1.165, 1.54) is 19.7 Å².